The Kier molecular flexibility index (Phi) is 9.53. The van der Waals surface area contributed by atoms with E-state index < -0.39 is 8.56 Å². The predicted octanol–water partition coefficient (Wildman–Crippen LogP) is 7.15. The van der Waals surface area contributed by atoms with Crippen molar-refractivity contribution in [2.45, 2.75) is 24.7 Å². The molecule has 0 aliphatic heterocycles. The first-order valence-corrected chi connectivity index (χ1v) is 15.9. The molecule has 0 aliphatic rings. The average Bonchev–Trinajstić information content (AvgIpc) is 3.00. The second-order valence-electron chi connectivity index (χ2n) is 9.77. The van der Waals surface area contributed by atoms with E-state index in [1.807, 2.05) is 48.5 Å². The molecule has 5 rings (SSSR count). The van der Waals surface area contributed by atoms with Crippen molar-refractivity contribution in [3.05, 3.63) is 150 Å². The highest BCUT2D eigenvalue weighted by molar-refractivity contribution is 7.80. The minimum absolute atomic E-state index is 0.559. The molecule has 0 radical (unpaired) electrons. The zero-order valence-electron chi connectivity index (χ0n) is 22.7. The maximum absolute atomic E-state index is 6.91. The minimum atomic E-state index is -3.05. The van der Waals surface area contributed by atoms with E-state index in [0.717, 1.165) is 39.6 Å². The molecule has 0 saturated heterocycles. The molecule has 0 fully saturated rings. The van der Waals surface area contributed by atoms with Gasteiger partial charge in [-0.05, 0) is 77.7 Å². The topological polar surface area (TPSA) is 27.7 Å². The first-order valence-electron chi connectivity index (χ1n) is 13.6. The fourth-order valence-electron chi connectivity index (χ4n) is 4.62. The third-order valence-corrected chi connectivity index (χ3v) is 10.5. The van der Waals surface area contributed by atoms with Crippen LogP contribution in [0.3, 0.4) is 0 Å². The maximum Gasteiger partial charge on any atom is 0.407 e. The summed E-state index contributed by atoms with van der Waals surface area (Å²) in [6.45, 7) is 3.23. The molecule has 0 saturated carbocycles. The van der Waals surface area contributed by atoms with Crippen molar-refractivity contribution in [2.24, 2.45) is 0 Å². The molecule has 1 unspecified atom stereocenters. The van der Waals surface area contributed by atoms with Crippen molar-refractivity contribution in [3.63, 3.8) is 0 Å². The standard InChI is InChI=1S/C35H34O3SSi/c1-28-12-14-30(15-13-28)25-27-37-40(34-10-6-3-7-11-34,36-26-24-29-8-4-2-5-9-29)35-22-18-32(19-23-35)38-31-16-20-33(39)21-17-31/h2-23,39H,24-27H2,1H3. The summed E-state index contributed by atoms with van der Waals surface area (Å²) in [5.41, 5.74) is 3.75. The Morgan fingerprint density at radius 1 is 0.525 bits per heavy atom. The molecule has 0 aliphatic carbocycles. The number of hydrogen-bond donors (Lipinski definition) is 1. The molecule has 202 valence electrons. The largest absolute Gasteiger partial charge is 0.457 e. The van der Waals surface area contributed by atoms with Crippen LogP contribution in [0, 0.1) is 6.92 Å². The maximum atomic E-state index is 6.91. The van der Waals surface area contributed by atoms with E-state index in [-0.39, 0.29) is 0 Å². The van der Waals surface area contributed by atoms with Crippen LogP contribution in [0.25, 0.3) is 0 Å². The van der Waals surface area contributed by atoms with Gasteiger partial charge in [0.15, 0.2) is 0 Å². The molecular formula is C35H34O3SSi. The number of aryl methyl sites for hydroxylation is 1. The molecule has 5 aromatic carbocycles. The van der Waals surface area contributed by atoms with Gasteiger partial charge in [0.2, 0.25) is 0 Å². The summed E-state index contributed by atoms with van der Waals surface area (Å²) in [6, 6.07) is 45.4. The van der Waals surface area contributed by atoms with Gasteiger partial charge in [0, 0.05) is 18.1 Å². The molecule has 40 heavy (non-hydrogen) atoms. The lowest BCUT2D eigenvalue weighted by atomic mass is 10.1. The smallest absolute Gasteiger partial charge is 0.407 e. The third kappa shape index (κ3) is 7.32. The van der Waals surface area contributed by atoms with Gasteiger partial charge in [-0.3, -0.25) is 0 Å². The summed E-state index contributed by atoms with van der Waals surface area (Å²) in [5, 5.41) is 2.14. The van der Waals surface area contributed by atoms with Gasteiger partial charge in [-0.25, -0.2) is 0 Å². The van der Waals surface area contributed by atoms with Crippen LogP contribution in [0.5, 0.6) is 11.5 Å². The fraction of sp³-hybridized carbons (Fsp3) is 0.143. The van der Waals surface area contributed by atoms with Gasteiger partial charge in [0.25, 0.3) is 0 Å². The fourth-order valence-corrected chi connectivity index (χ4v) is 7.86. The van der Waals surface area contributed by atoms with E-state index >= 15 is 0 Å². The second kappa shape index (κ2) is 13.6. The van der Waals surface area contributed by atoms with Gasteiger partial charge in [-0.15, -0.1) is 12.6 Å². The van der Waals surface area contributed by atoms with E-state index in [1.54, 1.807) is 0 Å². The molecule has 0 spiro atoms. The monoisotopic (exact) mass is 562 g/mol. The van der Waals surface area contributed by atoms with Gasteiger partial charge < -0.3 is 13.6 Å². The predicted molar refractivity (Wildman–Crippen MR) is 169 cm³/mol. The third-order valence-electron chi connectivity index (χ3n) is 6.82. The van der Waals surface area contributed by atoms with Crippen LogP contribution < -0.4 is 15.1 Å². The van der Waals surface area contributed by atoms with E-state index in [1.165, 1.54) is 16.7 Å². The average molecular weight is 563 g/mol. The highest BCUT2D eigenvalue weighted by atomic mass is 32.1. The Labute approximate surface area is 244 Å². The Morgan fingerprint density at radius 2 is 1.00 bits per heavy atom. The summed E-state index contributed by atoms with van der Waals surface area (Å²) >= 11 is 4.37. The van der Waals surface area contributed by atoms with Gasteiger partial charge in [-0.2, -0.15) is 0 Å². The molecule has 5 aromatic rings. The van der Waals surface area contributed by atoms with Gasteiger partial charge >= 0.3 is 8.56 Å². The Bertz CT molecular complexity index is 1460. The first-order chi connectivity index (χ1) is 19.6. The number of hydrogen-bond acceptors (Lipinski definition) is 4. The zero-order valence-corrected chi connectivity index (χ0v) is 24.6. The molecule has 0 amide bonds. The molecule has 5 heteroatoms. The van der Waals surface area contributed by atoms with Crippen molar-refractivity contribution in [1.82, 2.24) is 0 Å². The molecule has 0 N–H and O–H groups in total. The van der Waals surface area contributed by atoms with Gasteiger partial charge in [-0.1, -0.05) is 103 Å². The summed E-state index contributed by atoms with van der Waals surface area (Å²) in [5.74, 6) is 1.53. The number of rotatable bonds is 12. The van der Waals surface area contributed by atoms with Crippen LogP contribution >= 0.6 is 12.6 Å². The lowest BCUT2D eigenvalue weighted by Gasteiger charge is -2.32. The van der Waals surface area contributed by atoms with Gasteiger partial charge in [0.05, 0.1) is 0 Å². The number of benzene rings is 5. The molecule has 0 heterocycles. The van der Waals surface area contributed by atoms with Crippen molar-refractivity contribution < 1.29 is 13.6 Å². The lowest BCUT2D eigenvalue weighted by molar-refractivity contribution is 0.195. The molecule has 1 atom stereocenters. The first kappa shape index (κ1) is 27.9. The van der Waals surface area contributed by atoms with E-state index in [4.69, 9.17) is 13.6 Å². The normalized spacial score (nSPS) is 12.6. The molecule has 0 aromatic heterocycles. The van der Waals surface area contributed by atoms with Crippen LogP contribution in [0.1, 0.15) is 16.7 Å². The SMILES string of the molecule is Cc1ccc(CCO[Si](OCCc2ccccc2)(c2ccccc2)c2ccc(Oc3ccc(S)cc3)cc2)cc1. The van der Waals surface area contributed by atoms with E-state index in [0.29, 0.717) is 13.2 Å². The zero-order chi connectivity index (χ0) is 27.6. The number of thiol groups is 1. The molecule has 3 nitrogen and oxygen atoms in total. The number of ether oxygens (including phenoxy) is 1. The highest BCUT2D eigenvalue weighted by Crippen LogP contribution is 2.23. The van der Waals surface area contributed by atoms with Gasteiger partial charge in [0.1, 0.15) is 11.5 Å². The second-order valence-corrected chi connectivity index (χ2v) is 13.3. The van der Waals surface area contributed by atoms with Crippen LogP contribution in [0.15, 0.2) is 138 Å². The Morgan fingerprint density at radius 3 is 1.57 bits per heavy atom. The highest BCUT2D eigenvalue weighted by Gasteiger charge is 2.42. The van der Waals surface area contributed by atoms with Crippen molar-refractivity contribution in [2.75, 3.05) is 13.2 Å². The summed E-state index contributed by atoms with van der Waals surface area (Å²) in [4.78, 5) is 0.900. The minimum Gasteiger partial charge on any atom is -0.457 e. The van der Waals surface area contributed by atoms with Crippen molar-refractivity contribution in [3.8, 4) is 11.5 Å². The van der Waals surface area contributed by atoms with E-state index in [9.17, 15) is 0 Å². The van der Waals surface area contributed by atoms with Crippen LogP contribution in [-0.2, 0) is 21.7 Å². The quantitative estimate of drug-likeness (QED) is 0.129. The Hall–Kier alpha value is -3.61. The Balaban J connectivity index is 1.43. The lowest BCUT2D eigenvalue weighted by Crippen LogP contribution is -2.63. The van der Waals surface area contributed by atoms with Crippen LogP contribution in [0.2, 0.25) is 0 Å². The van der Waals surface area contributed by atoms with Crippen molar-refractivity contribution >= 4 is 31.6 Å². The van der Waals surface area contributed by atoms with Crippen molar-refractivity contribution in [1.29, 1.82) is 0 Å². The van der Waals surface area contributed by atoms with E-state index in [2.05, 4.69) is 104 Å². The summed E-state index contributed by atoms with van der Waals surface area (Å²) in [6.07, 6.45) is 1.62. The summed E-state index contributed by atoms with van der Waals surface area (Å²) < 4.78 is 19.9. The summed E-state index contributed by atoms with van der Waals surface area (Å²) in [7, 11) is -3.05. The molecule has 0 bridgehead atoms. The van der Waals surface area contributed by atoms with Crippen LogP contribution in [0.4, 0.5) is 0 Å². The molecular weight excluding hydrogens is 529 g/mol. The van der Waals surface area contributed by atoms with Crippen LogP contribution in [-0.4, -0.2) is 21.8 Å².